The van der Waals surface area contributed by atoms with Crippen LogP contribution in [0.4, 0.5) is 5.69 Å². The number of benzene rings is 1. The summed E-state index contributed by atoms with van der Waals surface area (Å²) in [6.07, 6.45) is 0. The highest BCUT2D eigenvalue weighted by atomic mass is 35.5. The molecule has 3 heteroatoms. The molecule has 0 spiro atoms. The highest BCUT2D eigenvalue weighted by Crippen LogP contribution is 2.28. The minimum absolute atomic E-state index is 0.386. The normalized spacial score (nSPS) is 12.7. The van der Waals surface area contributed by atoms with Gasteiger partial charge in [0.2, 0.25) is 0 Å². The molecule has 0 saturated heterocycles. The molecule has 1 aromatic rings. The Morgan fingerprint density at radius 3 is 2.47 bits per heavy atom. The van der Waals surface area contributed by atoms with Crippen molar-refractivity contribution in [3.05, 3.63) is 23.2 Å². The zero-order chi connectivity index (χ0) is 11.4. The topological polar surface area (TPSA) is 21.3 Å². The Balaban J connectivity index is 2.87. The lowest BCUT2D eigenvalue weighted by Gasteiger charge is -2.20. The van der Waals surface area contributed by atoms with Crippen LogP contribution in [0.5, 0.6) is 5.75 Å². The molecule has 0 heterocycles. The average Bonchev–Trinajstić information content (AvgIpc) is 2.18. The van der Waals surface area contributed by atoms with Crippen LogP contribution >= 0.6 is 11.6 Å². The van der Waals surface area contributed by atoms with E-state index in [9.17, 15) is 0 Å². The third-order valence-corrected chi connectivity index (χ3v) is 2.78. The lowest BCUT2D eigenvalue weighted by Crippen LogP contribution is -2.21. The first-order valence-electron chi connectivity index (χ1n) is 5.14. The minimum atomic E-state index is 0.386. The van der Waals surface area contributed by atoms with Gasteiger partial charge in [-0.2, -0.15) is 0 Å². The maximum Gasteiger partial charge on any atom is 0.142 e. The summed E-state index contributed by atoms with van der Waals surface area (Å²) in [5, 5.41) is 4.11. The van der Waals surface area contributed by atoms with Crippen LogP contribution in [0.1, 0.15) is 20.8 Å². The van der Waals surface area contributed by atoms with Crippen molar-refractivity contribution < 1.29 is 4.74 Å². The fourth-order valence-corrected chi connectivity index (χ4v) is 1.38. The number of hydrogen-bond donors (Lipinski definition) is 1. The van der Waals surface area contributed by atoms with Gasteiger partial charge in [0.05, 0.1) is 12.8 Å². The van der Waals surface area contributed by atoms with Crippen LogP contribution in [-0.4, -0.2) is 13.2 Å². The van der Waals surface area contributed by atoms with Crippen molar-refractivity contribution in [3.63, 3.8) is 0 Å². The largest absolute Gasteiger partial charge is 0.495 e. The molecule has 0 radical (unpaired) electrons. The Bertz CT molecular complexity index is 325. The van der Waals surface area contributed by atoms with Crippen molar-refractivity contribution in [1.82, 2.24) is 0 Å². The van der Waals surface area contributed by atoms with E-state index < -0.39 is 0 Å². The average molecular weight is 228 g/mol. The number of anilines is 1. The summed E-state index contributed by atoms with van der Waals surface area (Å²) in [5.41, 5.74) is 0.950. The monoisotopic (exact) mass is 227 g/mol. The second-order valence-electron chi connectivity index (χ2n) is 4.02. The first-order chi connectivity index (χ1) is 7.04. The van der Waals surface area contributed by atoms with Gasteiger partial charge < -0.3 is 10.1 Å². The fraction of sp³-hybridized carbons (Fsp3) is 0.500. The molecular weight excluding hydrogens is 210 g/mol. The molecule has 1 aromatic carbocycles. The minimum Gasteiger partial charge on any atom is -0.495 e. The predicted molar refractivity (Wildman–Crippen MR) is 65.9 cm³/mol. The molecule has 0 aromatic heterocycles. The Kier molecular flexibility index (Phi) is 4.28. The number of ether oxygens (including phenoxy) is 1. The maximum absolute atomic E-state index is 5.94. The second kappa shape index (κ2) is 5.26. The standard InChI is InChI=1S/C12H18ClNO/c1-8(2)9(3)14-11-7-10(13)5-6-12(11)15-4/h5-9,14H,1-4H3. The van der Waals surface area contributed by atoms with E-state index in [0.717, 1.165) is 11.4 Å². The molecule has 0 aliphatic rings. The summed E-state index contributed by atoms with van der Waals surface area (Å²) in [6, 6.07) is 5.97. The van der Waals surface area contributed by atoms with Gasteiger partial charge in [-0.1, -0.05) is 25.4 Å². The van der Waals surface area contributed by atoms with Gasteiger partial charge in [0.15, 0.2) is 0 Å². The number of methoxy groups -OCH3 is 1. The van der Waals surface area contributed by atoms with E-state index in [1.807, 2.05) is 18.2 Å². The molecule has 1 unspecified atom stereocenters. The van der Waals surface area contributed by atoms with Gasteiger partial charge in [-0.25, -0.2) is 0 Å². The molecule has 84 valence electrons. The van der Waals surface area contributed by atoms with Gasteiger partial charge in [0, 0.05) is 11.1 Å². The SMILES string of the molecule is COc1ccc(Cl)cc1NC(C)C(C)C. The van der Waals surface area contributed by atoms with Crippen molar-refractivity contribution in [2.45, 2.75) is 26.8 Å². The predicted octanol–water partition coefficient (Wildman–Crippen LogP) is 3.81. The number of rotatable bonds is 4. The van der Waals surface area contributed by atoms with E-state index in [4.69, 9.17) is 16.3 Å². The molecule has 0 amide bonds. The molecule has 2 nitrogen and oxygen atoms in total. The molecule has 0 aliphatic carbocycles. The smallest absolute Gasteiger partial charge is 0.142 e. The van der Waals surface area contributed by atoms with E-state index in [0.29, 0.717) is 17.0 Å². The number of hydrogen-bond acceptors (Lipinski definition) is 2. The summed E-state index contributed by atoms with van der Waals surface area (Å²) in [6.45, 7) is 6.49. The van der Waals surface area contributed by atoms with E-state index in [1.165, 1.54) is 0 Å². The van der Waals surface area contributed by atoms with Gasteiger partial charge in [0.25, 0.3) is 0 Å². The molecule has 1 atom stereocenters. The van der Waals surface area contributed by atoms with Gasteiger partial charge in [-0.3, -0.25) is 0 Å². The van der Waals surface area contributed by atoms with E-state index in [1.54, 1.807) is 7.11 Å². The molecule has 0 aliphatic heterocycles. The fourth-order valence-electron chi connectivity index (χ4n) is 1.20. The van der Waals surface area contributed by atoms with Crippen molar-refractivity contribution in [1.29, 1.82) is 0 Å². The Morgan fingerprint density at radius 1 is 1.27 bits per heavy atom. The quantitative estimate of drug-likeness (QED) is 0.845. The van der Waals surface area contributed by atoms with Crippen molar-refractivity contribution in [2.75, 3.05) is 12.4 Å². The highest BCUT2D eigenvalue weighted by Gasteiger charge is 2.10. The zero-order valence-corrected chi connectivity index (χ0v) is 10.4. The van der Waals surface area contributed by atoms with E-state index in [2.05, 4.69) is 26.1 Å². The summed E-state index contributed by atoms with van der Waals surface area (Å²) in [4.78, 5) is 0. The lowest BCUT2D eigenvalue weighted by molar-refractivity contribution is 0.415. The van der Waals surface area contributed by atoms with E-state index in [-0.39, 0.29) is 0 Å². The summed E-state index contributed by atoms with van der Waals surface area (Å²) in [7, 11) is 1.66. The third-order valence-electron chi connectivity index (χ3n) is 2.54. The molecule has 1 rings (SSSR count). The second-order valence-corrected chi connectivity index (χ2v) is 4.46. The number of halogens is 1. The Hall–Kier alpha value is -0.890. The van der Waals surface area contributed by atoms with Crippen LogP contribution in [0.25, 0.3) is 0 Å². The van der Waals surface area contributed by atoms with Gasteiger partial charge in [-0.05, 0) is 31.0 Å². The highest BCUT2D eigenvalue weighted by molar-refractivity contribution is 6.30. The summed E-state index contributed by atoms with van der Waals surface area (Å²) in [5.74, 6) is 1.39. The molecule has 15 heavy (non-hydrogen) atoms. The van der Waals surface area contributed by atoms with Crippen LogP contribution in [0.3, 0.4) is 0 Å². The van der Waals surface area contributed by atoms with Gasteiger partial charge >= 0.3 is 0 Å². The molecule has 0 fully saturated rings. The molecule has 0 saturated carbocycles. The summed E-state index contributed by atoms with van der Waals surface area (Å²) < 4.78 is 5.26. The molecular formula is C12H18ClNO. The van der Waals surface area contributed by atoms with Gasteiger partial charge in [0.1, 0.15) is 5.75 Å². The Labute approximate surface area is 96.6 Å². The molecule has 1 N–H and O–H groups in total. The maximum atomic E-state index is 5.94. The van der Waals surface area contributed by atoms with E-state index >= 15 is 0 Å². The third kappa shape index (κ3) is 3.31. The zero-order valence-electron chi connectivity index (χ0n) is 9.67. The van der Waals surface area contributed by atoms with Crippen LogP contribution in [0, 0.1) is 5.92 Å². The lowest BCUT2D eigenvalue weighted by atomic mass is 10.1. The van der Waals surface area contributed by atoms with Gasteiger partial charge in [-0.15, -0.1) is 0 Å². The van der Waals surface area contributed by atoms with Crippen LogP contribution in [0.2, 0.25) is 5.02 Å². The van der Waals surface area contributed by atoms with Crippen LogP contribution < -0.4 is 10.1 Å². The van der Waals surface area contributed by atoms with Crippen LogP contribution in [-0.2, 0) is 0 Å². The van der Waals surface area contributed by atoms with Crippen molar-refractivity contribution in [3.8, 4) is 5.75 Å². The van der Waals surface area contributed by atoms with Crippen molar-refractivity contribution in [2.24, 2.45) is 5.92 Å². The first kappa shape index (κ1) is 12.2. The van der Waals surface area contributed by atoms with Crippen molar-refractivity contribution >= 4 is 17.3 Å². The summed E-state index contributed by atoms with van der Waals surface area (Å²) >= 11 is 5.94. The van der Waals surface area contributed by atoms with Crippen LogP contribution in [0.15, 0.2) is 18.2 Å². The Morgan fingerprint density at radius 2 is 1.93 bits per heavy atom. The first-order valence-corrected chi connectivity index (χ1v) is 5.52. The molecule has 0 bridgehead atoms. The number of nitrogens with one attached hydrogen (secondary N) is 1.